The molecule has 0 radical (unpaired) electrons. The standard InChI is InChI=1S/C66H86F3N11O8S/c1-46-59(89-45-74-46)48-20-18-47(19-21-48)43-72-62(84)55-16-13-32-80(55)58(82)42-56(64(2,3)4)75-57(81)17-8-7-10-34-86-37-39-87-38-36-85-33-9-5-6-11-35-88-53-22-23-54(66(67,68)69)51(41-53)44-73-61(83)50-14-12-15-52(40-50)77-65(26-30-71-31-27-65)63-76-60(78-79-63)49-24-28-70-29-25-49/h12,14-15,18-25,28-29,40-41,45,55-56,71,77H,5-11,13,16-17,26-27,30-39,42-44H2,1-4H3,(H,72,84)(H,73,83)(H,75,81)(H,76,78,79)/t55-,56?/m0/s1. The molecule has 8 rings (SSSR count). The van der Waals surface area contributed by atoms with Gasteiger partial charge in [-0.25, -0.2) is 4.98 Å². The number of ether oxygens (including phenoxy) is 4. The molecule has 2 saturated heterocycles. The van der Waals surface area contributed by atoms with Crippen LogP contribution in [-0.2, 0) is 53.4 Å². The molecule has 89 heavy (non-hydrogen) atoms. The van der Waals surface area contributed by atoms with Crippen LogP contribution in [0.25, 0.3) is 21.8 Å². The molecule has 3 aromatic heterocycles. The predicted molar refractivity (Wildman–Crippen MR) is 336 cm³/mol. The Morgan fingerprint density at radius 1 is 0.775 bits per heavy atom. The van der Waals surface area contributed by atoms with Gasteiger partial charge in [-0.15, -0.1) is 21.5 Å². The number of nitrogens with zero attached hydrogens (tertiary/aromatic N) is 5. The zero-order valence-corrected chi connectivity index (χ0v) is 52.4. The highest BCUT2D eigenvalue weighted by Gasteiger charge is 2.39. The molecule has 6 aromatic rings. The number of H-pyrrole nitrogens is 1. The van der Waals surface area contributed by atoms with Gasteiger partial charge in [0.25, 0.3) is 5.91 Å². The van der Waals surface area contributed by atoms with Crippen LogP contribution in [0.2, 0.25) is 0 Å². The number of rotatable bonds is 34. The number of halogens is 3. The van der Waals surface area contributed by atoms with Crippen molar-refractivity contribution in [2.24, 2.45) is 5.41 Å². The molecule has 2 aliphatic heterocycles. The van der Waals surface area contributed by atoms with E-state index in [4.69, 9.17) is 18.9 Å². The molecule has 6 N–H and O–H groups in total. The number of aromatic amines is 1. The summed E-state index contributed by atoms with van der Waals surface area (Å²) in [7, 11) is 0. The van der Waals surface area contributed by atoms with Gasteiger partial charge in [-0.1, -0.05) is 63.9 Å². The Morgan fingerprint density at radius 3 is 2.16 bits per heavy atom. The zero-order chi connectivity index (χ0) is 63.1. The molecular weight excluding hydrogens is 1160 g/mol. The molecule has 2 fully saturated rings. The number of anilines is 1. The van der Waals surface area contributed by atoms with E-state index in [0.29, 0.717) is 121 Å². The highest BCUT2D eigenvalue weighted by molar-refractivity contribution is 7.13. The lowest BCUT2D eigenvalue weighted by molar-refractivity contribution is -0.139. The summed E-state index contributed by atoms with van der Waals surface area (Å²) in [5.41, 5.74) is 4.74. The molecule has 5 heterocycles. The first-order valence-corrected chi connectivity index (χ1v) is 32.0. The average Bonchev–Trinajstić information content (AvgIpc) is 2.72. The van der Waals surface area contributed by atoms with Gasteiger partial charge in [0.1, 0.15) is 11.8 Å². The lowest BCUT2D eigenvalue weighted by Gasteiger charge is -2.37. The maximum absolute atomic E-state index is 14.2. The summed E-state index contributed by atoms with van der Waals surface area (Å²) in [4.78, 5) is 68.2. The third-order valence-electron chi connectivity index (χ3n) is 16.1. The maximum atomic E-state index is 14.2. The fourth-order valence-corrected chi connectivity index (χ4v) is 11.8. The molecule has 0 aliphatic carbocycles. The van der Waals surface area contributed by atoms with Gasteiger partial charge in [0.2, 0.25) is 17.7 Å². The van der Waals surface area contributed by atoms with Crippen molar-refractivity contribution in [2.75, 3.05) is 71.2 Å². The second-order valence-electron chi connectivity index (χ2n) is 23.8. The minimum atomic E-state index is -4.63. The van der Waals surface area contributed by atoms with Gasteiger partial charge in [-0.3, -0.25) is 24.2 Å². The number of aryl methyl sites for hydroxylation is 1. The molecule has 2 aliphatic rings. The zero-order valence-electron chi connectivity index (χ0n) is 51.6. The summed E-state index contributed by atoms with van der Waals surface area (Å²) < 4.78 is 65.5. The SMILES string of the molecule is Cc1ncsc1-c1ccc(CNC(=O)[C@@H]2CCCN2C(=O)CC(NC(=O)CCCCCOCCOCCOCCCCCCOc2ccc(C(F)(F)F)c(CNC(=O)c3cccc(NC4(c5nnc(-c6ccncc6)[nH]5)CCNCC4)c3)c2)C(C)(C)C)cc1. The van der Waals surface area contributed by atoms with E-state index in [-0.39, 0.29) is 53.3 Å². The van der Waals surface area contributed by atoms with Crippen LogP contribution >= 0.6 is 11.3 Å². The number of carbonyl (C=O) groups excluding carboxylic acids is 4. The van der Waals surface area contributed by atoms with Gasteiger partial charge in [0.15, 0.2) is 11.6 Å². The quantitative estimate of drug-likeness (QED) is 0.0206. The molecule has 2 atom stereocenters. The fourth-order valence-electron chi connectivity index (χ4n) is 11.0. The van der Waals surface area contributed by atoms with Gasteiger partial charge >= 0.3 is 6.18 Å². The number of likely N-dealkylation sites (tertiary alicyclic amines) is 1. The average molecular weight is 1250 g/mol. The van der Waals surface area contributed by atoms with Crippen molar-refractivity contribution in [1.82, 2.24) is 51.3 Å². The fraction of sp³-hybridized carbons (Fsp3) is 0.515. The van der Waals surface area contributed by atoms with Crippen LogP contribution in [0.1, 0.15) is 143 Å². The van der Waals surface area contributed by atoms with E-state index in [1.54, 1.807) is 46.8 Å². The number of unbranched alkanes of at least 4 members (excludes halogenated alkanes) is 5. The highest BCUT2D eigenvalue weighted by Crippen LogP contribution is 2.36. The van der Waals surface area contributed by atoms with Gasteiger partial charge in [0.05, 0.1) is 60.2 Å². The van der Waals surface area contributed by atoms with Gasteiger partial charge in [-0.2, -0.15) is 13.2 Å². The monoisotopic (exact) mass is 1250 g/mol. The predicted octanol–water partition coefficient (Wildman–Crippen LogP) is 10.7. The second kappa shape index (κ2) is 33.5. The Hall–Kier alpha value is -7.31. The summed E-state index contributed by atoms with van der Waals surface area (Å²) in [6, 6.07) is 21.4. The van der Waals surface area contributed by atoms with Crippen molar-refractivity contribution < 1.29 is 51.3 Å². The number of thiazole rings is 1. The summed E-state index contributed by atoms with van der Waals surface area (Å²) in [6.45, 7) is 13.2. The Kier molecular flexibility index (Phi) is 25.4. The van der Waals surface area contributed by atoms with Crippen molar-refractivity contribution in [2.45, 2.75) is 148 Å². The molecule has 1 unspecified atom stereocenters. The first kappa shape index (κ1) is 67.6. The highest BCUT2D eigenvalue weighted by atomic mass is 32.1. The summed E-state index contributed by atoms with van der Waals surface area (Å²) in [5.74, 6) is 0.641. The van der Waals surface area contributed by atoms with Gasteiger partial charge in [-0.05, 0) is 148 Å². The first-order chi connectivity index (χ1) is 43.0. The summed E-state index contributed by atoms with van der Waals surface area (Å²) >= 11 is 1.60. The van der Waals surface area contributed by atoms with E-state index in [2.05, 4.69) is 51.7 Å². The van der Waals surface area contributed by atoms with Crippen LogP contribution in [0.3, 0.4) is 0 Å². The van der Waals surface area contributed by atoms with Crippen LogP contribution < -0.4 is 31.3 Å². The van der Waals surface area contributed by atoms with Crippen LogP contribution in [0.5, 0.6) is 5.75 Å². The van der Waals surface area contributed by atoms with Gasteiger partial charge in [0, 0.05) is 80.9 Å². The van der Waals surface area contributed by atoms with Crippen LogP contribution in [0.15, 0.2) is 96.8 Å². The van der Waals surface area contributed by atoms with Crippen molar-refractivity contribution in [1.29, 1.82) is 0 Å². The van der Waals surface area contributed by atoms with Crippen molar-refractivity contribution in [3.63, 3.8) is 0 Å². The summed E-state index contributed by atoms with van der Waals surface area (Å²) in [5, 5.41) is 24.7. The lowest BCUT2D eigenvalue weighted by atomic mass is 9.84. The molecule has 0 saturated carbocycles. The maximum Gasteiger partial charge on any atom is 0.416 e. The minimum absolute atomic E-state index is 0.0975. The molecule has 0 spiro atoms. The largest absolute Gasteiger partial charge is 0.494 e. The van der Waals surface area contributed by atoms with Crippen molar-refractivity contribution in [3.8, 4) is 27.6 Å². The minimum Gasteiger partial charge on any atom is -0.494 e. The number of piperidine rings is 1. The number of benzene rings is 3. The molecule has 23 heteroatoms. The Balaban J connectivity index is 0.632. The van der Waals surface area contributed by atoms with Crippen molar-refractivity contribution in [3.05, 3.63) is 131 Å². The molecule has 4 amide bonds. The van der Waals surface area contributed by atoms with E-state index in [1.807, 2.05) is 75.7 Å². The number of hydrogen-bond acceptors (Lipinski definition) is 15. The Morgan fingerprint density at radius 2 is 1.47 bits per heavy atom. The number of nitrogens with one attached hydrogen (secondary N) is 6. The van der Waals surface area contributed by atoms with E-state index in [0.717, 1.165) is 84.9 Å². The lowest BCUT2D eigenvalue weighted by Crippen LogP contribution is -2.50. The molecule has 3 aromatic carbocycles. The smallest absolute Gasteiger partial charge is 0.416 e. The Labute approximate surface area is 523 Å². The molecule has 19 nitrogen and oxygen atoms in total. The normalized spacial score (nSPS) is 15.4. The van der Waals surface area contributed by atoms with E-state index in [1.165, 1.54) is 12.1 Å². The third kappa shape index (κ3) is 20.6. The summed E-state index contributed by atoms with van der Waals surface area (Å²) in [6.07, 6.45) is 7.51. The topological polar surface area (TPSA) is 236 Å². The van der Waals surface area contributed by atoms with Crippen molar-refractivity contribution >= 4 is 40.7 Å². The van der Waals surface area contributed by atoms with Crippen LogP contribution in [-0.4, -0.2) is 132 Å². The molecular formula is C66H86F3N11O8S. The van der Waals surface area contributed by atoms with E-state index >= 15 is 0 Å². The number of amides is 4. The van der Waals surface area contributed by atoms with Gasteiger partial charge < -0.3 is 55.4 Å². The number of pyridine rings is 1. The van der Waals surface area contributed by atoms with Crippen LogP contribution in [0.4, 0.5) is 18.9 Å². The molecule has 480 valence electrons. The van der Waals surface area contributed by atoms with Crippen LogP contribution in [0, 0.1) is 12.3 Å². The molecule has 0 bridgehead atoms. The number of hydrogen-bond donors (Lipinski definition) is 6. The van der Waals surface area contributed by atoms with E-state index in [9.17, 15) is 32.3 Å². The third-order valence-corrected chi connectivity index (χ3v) is 17.1. The first-order valence-electron chi connectivity index (χ1n) is 31.1. The number of alkyl halides is 3. The second-order valence-corrected chi connectivity index (χ2v) is 24.7. The number of aromatic nitrogens is 5. The number of carbonyl (C=O) groups is 4. The Bertz CT molecular complexity index is 3190. The van der Waals surface area contributed by atoms with E-state index < -0.39 is 29.2 Å².